The second-order valence-electron chi connectivity index (χ2n) is 3.27. The lowest BCUT2D eigenvalue weighted by atomic mass is 10.1. The molecule has 1 heterocycles. The Labute approximate surface area is 103 Å². The zero-order chi connectivity index (χ0) is 11.5. The molecule has 0 unspecified atom stereocenters. The molecule has 1 aliphatic heterocycles. The van der Waals surface area contributed by atoms with Crippen LogP contribution in [0.3, 0.4) is 0 Å². The first-order valence-corrected chi connectivity index (χ1v) is 5.70. The Morgan fingerprint density at radius 2 is 1.88 bits per heavy atom. The smallest absolute Gasteiger partial charge is 0.188 e. The molecule has 4 nitrogen and oxygen atoms in total. The van der Waals surface area contributed by atoms with Gasteiger partial charge in [-0.15, -0.1) is 0 Å². The Morgan fingerprint density at radius 3 is 2.44 bits per heavy atom. The summed E-state index contributed by atoms with van der Waals surface area (Å²) < 4.78 is 22.4. The maximum Gasteiger partial charge on any atom is 0.188 e. The maximum atomic E-state index is 5.47. The van der Waals surface area contributed by atoms with Crippen LogP contribution >= 0.6 is 15.9 Å². The molecule has 0 N–H and O–H groups in total. The van der Waals surface area contributed by atoms with E-state index in [1.165, 1.54) is 0 Å². The van der Waals surface area contributed by atoms with Crippen molar-refractivity contribution in [3.63, 3.8) is 0 Å². The molecule has 1 aromatic rings. The van der Waals surface area contributed by atoms with E-state index in [0.717, 1.165) is 10.0 Å². The van der Waals surface area contributed by atoms with Crippen LogP contribution in [-0.4, -0.2) is 27.4 Å². The summed E-state index contributed by atoms with van der Waals surface area (Å²) in [4.78, 5) is 0. The summed E-state index contributed by atoms with van der Waals surface area (Å²) in [6.45, 7) is 1.19. The minimum absolute atomic E-state index is 0.389. The summed E-state index contributed by atoms with van der Waals surface area (Å²) in [7, 11) is 3.20. The number of halogens is 1. The Kier molecular flexibility index (Phi) is 3.68. The first kappa shape index (κ1) is 11.7. The molecule has 2 rings (SSSR count). The van der Waals surface area contributed by atoms with Gasteiger partial charge in [-0.1, -0.05) is 15.9 Å². The van der Waals surface area contributed by atoms with E-state index in [9.17, 15) is 0 Å². The summed E-state index contributed by atoms with van der Waals surface area (Å²) in [5.41, 5.74) is 0.833. The van der Waals surface area contributed by atoms with Gasteiger partial charge in [-0.2, -0.15) is 0 Å². The summed E-state index contributed by atoms with van der Waals surface area (Å²) in [5.74, 6) is 1.31. The van der Waals surface area contributed by atoms with Crippen LogP contribution in [0, 0.1) is 0 Å². The van der Waals surface area contributed by atoms with Crippen molar-refractivity contribution in [3.05, 3.63) is 22.2 Å². The van der Waals surface area contributed by atoms with Crippen LogP contribution in [0.5, 0.6) is 11.5 Å². The van der Waals surface area contributed by atoms with Gasteiger partial charge in [0, 0.05) is 4.47 Å². The molecule has 16 heavy (non-hydrogen) atoms. The Bertz CT molecular complexity index is 374. The lowest BCUT2D eigenvalue weighted by molar-refractivity contribution is -0.0461. The van der Waals surface area contributed by atoms with Gasteiger partial charge in [0.05, 0.1) is 33.0 Å². The molecule has 0 aliphatic carbocycles. The number of ether oxygens (including phenoxy) is 4. The van der Waals surface area contributed by atoms with Gasteiger partial charge >= 0.3 is 0 Å². The number of hydrogen-bond donors (Lipinski definition) is 0. The van der Waals surface area contributed by atoms with Crippen molar-refractivity contribution in [1.82, 2.24) is 0 Å². The molecule has 0 amide bonds. The van der Waals surface area contributed by atoms with E-state index in [2.05, 4.69) is 15.9 Å². The first-order valence-electron chi connectivity index (χ1n) is 4.91. The molecule has 1 aliphatic rings. The van der Waals surface area contributed by atoms with Crippen LogP contribution in [0.1, 0.15) is 11.9 Å². The highest BCUT2D eigenvalue weighted by molar-refractivity contribution is 9.10. The third-order valence-corrected chi connectivity index (χ3v) is 3.08. The van der Waals surface area contributed by atoms with E-state index in [4.69, 9.17) is 18.9 Å². The molecule has 0 spiro atoms. The van der Waals surface area contributed by atoms with Crippen molar-refractivity contribution in [2.75, 3.05) is 27.4 Å². The van der Waals surface area contributed by atoms with E-state index >= 15 is 0 Å². The van der Waals surface area contributed by atoms with Crippen LogP contribution in [0.4, 0.5) is 0 Å². The lowest BCUT2D eigenvalue weighted by Gasteiger charge is -2.17. The largest absolute Gasteiger partial charge is 0.493 e. The van der Waals surface area contributed by atoms with Crippen molar-refractivity contribution < 1.29 is 18.9 Å². The normalized spacial score (nSPS) is 16.4. The minimum Gasteiger partial charge on any atom is -0.493 e. The summed E-state index contributed by atoms with van der Waals surface area (Å²) in [6.07, 6.45) is -0.389. The molecule has 0 atom stereocenters. The molecular weight excluding hydrogens is 276 g/mol. The molecule has 0 bridgehead atoms. The Hall–Kier alpha value is -0.780. The maximum absolute atomic E-state index is 5.47. The fourth-order valence-electron chi connectivity index (χ4n) is 1.67. The van der Waals surface area contributed by atoms with Crippen molar-refractivity contribution in [3.8, 4) is 11.5 Å². The van der Waals surface area contributed by atoms with Gasteiger partial charge in [-0.3, -0.25) is 0 Å². The zero-order valence-electron chi connectivity index (χ0n) is 9.16. The average molecular weight is 289 g/mol. The van der Waals surface area contributed by atoms with Crippen molar-refractivity contribution >= 4 is 15.9 Å². The highest BCUT2D eigenvalue weighted by Gasteiger charge is 2.26. The first-order chi connectivity index (χ1) is 7.77. The SMILES string of the molecule is COc1ccc(Br)c(C2OCCO2)c1OC. The number of hydrogen-bond acceptors (Lipinski definition) is 4. The van der Waals surface area contributed by atoms with E-state index in [-0.39, 0.29) is 6.29 Å². The van der Waals surface area contributed by atoms with E-state index in [0.29, 0.717) is 24.7 Å². The van der Waals surface area contributed by atoms with Crippen molar-refractivity contribution in [2.45, 2.75) is 6.29 Å². The number of benzene rings is 1. The van der Waals surface area contributed by atoms with Gasteiger partial charge in [0.25, 0.3) is 0 Å². The third kappa shape index (κ3) is 2.03. The third-order valence-electron chi connectivity index (χ3n) is 2.39. The van der Waals surface area contributed by atoms with E-state index in [1.54, 1.807) is 14.2 Å². The van der Waals surface area contributed by atoms with Gasteiger partial charge < -0.3 is 18.9 Å². The molecule has 0 saturated carbocycles. The molecular formula is C11H13BrO4. The van der Waals surface area contributed by atoms with Crippen LogP contribution in [-0.2, 0) is 9.47 Å². The van der Waals surface area contributed by atoms with E-state index in [1.807, 2.05) is 12.1 Å². The minimum atomic E-state index is -0.389. The van der Waals surface area contributed by atoms with Crippen LogP contribution in [0.2, 0.25) is 0 Å². The topological polar surface area (TPSA) is 36.9 Å². The molecule has 88 valence electrons. The standard InChI is InChI=1S/C11H13BrO4/c1-13-8-4-3-7(12)9(10(8)14-2)11-15-5-6-16-11/h3-4,11H,5-6H2,1-2H3. The van der Waals surface area contributed by atoms with Gasteiger partial charge in [-0.25, -0.2) is 0 Å². The second-order valence-corrected chi connectivity index (χ2v) is 4.12. The molecule has 1 aromatic carbocycles. The van der Waals surface area contributed by atoms with E-state index < -0.39 is 0 Å². The predicted octanol–water partition coefficient (Wildman–Crippen LogP) is 2.51. The quantitative estimate of drug-likeness (QED) is 0.856. The zero-order valence-corrected chi connectivity index (χ0v) is 10.7. The molecule has 0 radical (unpaired) electrons. The molecule has 1 saturated heterocycles. The predicted molar refractivity (Wildman–Crippen MR) is 61.9 cm³/mol. The highest BCUT2D eigenvalue weighted by atomic mass is 79.9. The monoisotopic (exact) mass is 288 g/mol. The molecule has 0 aromatic heterocycles. The van der Waals surface area contributed by atoms with Gasteiger partial charge in [0.1, 0.15) is 0 Å². The number of rotatable bonds is 3. The van der Waals surface area contributed by atoms with Gasteiger partial charge in [-0.05, 0) is 12.1 Å². The molecule has 5 heteroatoms. The lowest BCUT2D eigenvalue weighted by Crippen LogP contribution is -2.04. The summed E-state index contributed by atoms with van der Waals surface area (Å²) >= 11 is 3.47. The fraction of sp³-hybridized carbons (Fsp3) is 0.455. The van der Waals surface area contributed by atoms with Gasteiger partial charge in [0.15, 0.2) is 17.8 Å². The fourth-order valence-corrected chi connectivity index (χ4v) is 2.17. The van der Waals surface area contributed by atoms with Gasteiger partial charge in [0.2, 0.25) is 0 Å². The summed E-state index contributed by atoms with van der Waals surface area (Å²) in [5, 5.41) is 0. The average Bonchev–Trinajstić information content (AvgIpc) is 2.81. The van der Waals surface area contributed by atoms with Crippen molar-refractivity contribution in [2.24, 2.45) is 0 Å². The summed E-state index contributed by atoms with van der Waals surface area (Å²) in [6, 6.07) is 3.73. The Balaban J connectivity index is 2.47. The Morgan fingerprint density at radius 1 is 1.19 bits per heavy atom. The van der Waals surface area contributed by atoms with Crippen LogP contribution in [0.25, 0.3) is 0 Å². The van der Waals surface area contributed by atoms with Crippen LogP contribution < -0.4 is 9.47 Å². The van der Waals surface area contributed by atoms with Crippen LogP contribution in [0.15, 0.2) is 16.6 Å². The highest BCUT2D eigenvalue weighted by Crippen LogP contribution is 2.42. The van der Waals surface area contributed by atoms with Crippen molar-refractivity contribution in [1.29, 1.82) is 0 Å². The number of methoxy groups -OCH3 is 2. The second kappa shape index (κ2) is 5.03. The molecule has 1 fully saturated rings.